The van der Waals surface area contributed by atoms with Crippen LogP contribution in [0.2, 0.25) is 0 Å². The summed E-state index contributed by atoms with van der Waals surface area (Å²) in [7, 11) is 1.57. The second-order valence-corrected chi connectivity index (χ2v) is 5.38. The van der Waals surface area contributed by atoms with Crippen molar-refractivity contribution in [2.75, 3.05) is 7.11 Å². The van der Waals surface area contributed by atoms with Gasteiger partial charge in [-0.2, -0.15) is 0 Å². The molecule has 2 heterocycles. The summed E-state index contributed by atoms with van der Waals surface area (Å²) in [5.41, 5.74) is 3.14. The molecule has 0 aliphatic rings. The summed E-state index contributed by atoms with van der Waals surface area (Å²) in [6.07, 6.45) is 10.4. The molecule has 25 heavy (non-hydrogen) atoms. The topological polar surface area (TPSA) is 67.9 Å². The number of benzene rings is 1. The summed E-state index contributed by atoms with van der Waals surface area (Å²) in [5.74, 6) is 3.61. The van der Waals surface area contributed by atoms with Gasteiger partial charge in [0, 0.05) is 12.3 Å². The van der Waals surface area contributed by atoms with Gasteiger partial charge in [-0.1, -0.05) is 11.1 Å². The number of methoxy groups -OCH3 is 1. The lowest BCUT2D eigenvalue weighted by atomic mass is 10.1. The van der Waals surface area contributed by atoms with E-state index < -0.39 is 0 Å². The number of hydrogen-bond acceptors (Lipinski definition) is 5. The fraction of sp³-hybridized carbons (Fsp3) is 0.100. The van der Waals surface area contributed by atoms with Gasteiger partial charge in [0.05, 0.1) is 12.5 Å². The van der Waals surface area contributed by atoms with E-state index in [1.54, 1.807) is 43.6 Å². The third kappa shape index (κ3) is 3.24. The molecule has 0 fully saturated rings. The maximum atomic E-state index is 9.36. The van der Waals surface area contributed by atoms with E-state index in [0.29, 0.717) is 33.5 Å². The molecule has 0 aliphatic heterocycles. The number of ether oxygens (including phenoxy) is 1. The van der Waals surface area contributed by atoms with Gasteiger partial charge >= 0.3 is 0 Å². The van der Waals surface area contributed by atoms with Crippen molar-refractivity contribution in [1.29, 1.82) is 0 Å². The molecule has 0 unspecified atom stereocenters. The largest absolute Gasteiger partial charge is 0.497 e. The average molecular weight is 332 g/mol. The van der Waals surface area contributed by atoms with E-state index in [9.17, 15) is 5.21 Å². The van der Waals surface area contributed by atoms with Gasteiger partial charge in [0.25, 0.3) is 0 Å². The molecule has 5 nitrogen and oxygen atoms in total. The van der Waals surface area contributed by atoms with Crippen molar-refractivity contribution < 1.29 is 14.4 Å². The summed E-state index contributed by atoms with van der Waals surface area (Å²) in [6.45, 7) is 1.96. The van der Waals surface area contributed by atoms with Gasteiger partial charge in [0.2, 0.25) is 0 Å². The lowest BCUT2D eigenvalue weighted by Gasteiger charge is -2.07. The molecule has 0 atom stereocenters. The lowest BCUT2D eigenvalue weighted by Crippen LogP contribution is -2.04. The number of pyridine rings is 1. The van der Waals surface area contributed by atoms with Crippen LogP contribution in [0, 0.1) is 19.3 Å². The maximum absolute atomic E-state index is 9.36. The smallest absolute Gasteiger partial charge is 0.155 e. The Kier molecular flexibility index (Phi) is 4.53. The van der Waals surface area contributed by atoms with Gasteiger partial charge in [-0.3, -0.25) is 4.98 Å². The van der Waals surface area contributed by atoms with Crippen LogP contribution >= 0.6 is 0 Å². The van der Waals surface area contributed by atoms with Crippen LogP contribution in [0.4, 0.5) is 0 Å². The SMILES string of the molecule is C#C/C=C\c1cnc(-c2c/c(=N/O)c3cc(OC)ccc3o2)cc1C. The van der Waals surface area contributed by atoms with Gasteiger partial charge in [-0.05, 0) is 54.5 Å². The van der Waals surface area contributed by atoms with Crippen LogP contribution in [0.15, 0.2) is 52.2 Å². The predicted molar refractivity (Wildman–Crippen MR) is 96.0 cm³/mol. The molecular formula is C20H16N2O3. The molecule has 124 valence electrons. The zero-order valence-electron chi connectivity index (χ0n) is 13.9. The summed E-state index contributed by atoms with van der Waals surface area (Å²) in [5, 5.41) is 13.8. The third-order valence-corrected chi connectivity index (χ3v) is 3.82. The zero-order valence-corrected chi connectivity index (χ0v) is 13.9. The van der Waals surface area contributed by atoms with Crippen molar-refractivity contribution >= 4 is 17.0 Å². The van der Waals surface area contributed by atoms with E-state index in [0.717, 1.165) is 11.1 Å². The molecule has 0 saturated heterocycles. The molecule has 1 aromatic carbocycles. The van der Waals surface area contributed by atoms with Gasteiger partial charge in [-0.15, -0.1) is 6.42 Å². The van der Waals surface area contributed by atoms with Crippen LogP contribution in [0.5, 0.6) is 5.75 Å². The van der Waals surface area contributed by atoms with Crippen LogP contribution in [-0.4, -0.2) is 17.3 Å². The first kappa shape index (κ1) is 16.3. The number of allylic oxidation sites excluding steroid dienone is 1. The molecule has 0 radical (unpaired) electrons. The Balaban J connectivity index is 2.15. The molecule has 2 aromatic heterocycles. The number of terminal acetylenes is 1. The van der Waals surface area contributed by atoms with E-state index >= 15 is 0 Å². The number of nitrogens with zero attached hydrogens (tertiary/aromatic N) is 2. The van der Waals surface area contributed by atoms with E-state index in [1.807, 2.05) is 19.1 Å². The van der Waals surface area contributed by atoms with E-state index in [2.05, 4.69) is 16.1 Å². The molecule has 3 rings (SSSR count). The number of fused-ring (bicyclic) bond motifs is 1. The molecular weight excluding hydrogens is 316 g/mol. The second kappa shape index (κ2) is 6.93. The molecule has 0 amide bonds. The van der Waals surface area contributed by atoms with Crippen molar-refractivity contribution in [3.63, 3.8) is 0 Å². The summed E-state index contributed by atoms with van der Waals surface area (Å²) >= 11 is 0. The lowest BCUT2D eigenvalue weighted by molar-refractivity contribution is 0.302. The van der Waals surface area contributed by atoms with E-state index in [4.69, 9.17) is 15.6 Å². The molecule has 0 saturated carbocycles. The predicted octanol–water partition coefficient (Wildman–Crippen LogP) is 3.75. The van der Waals surface area contributed by atoms with E-state index in [-0.39, 0.29) is 0 Å². The van der Waals surface area contributed by atoms with Gasteiger partial charge in [-0.25, -0.2) is 0 Å². The highest BCUT2D eigenvalue weighted by molar-refractivity contribution is 5.79. The second-order valence-electron chi connectivity index (χ2n) is 5.38. The summed E-state index contributed by atoms with van der Waals surface area (Å²) in [4.78, 5) is 4.42. The van der Waals surface area contributed by atoms with Crippen LogP contribution in [0.1, 0.15) is 11.1 Å². The van der Waals surface area contributed by atoms with Gasteiger partial charge in [0.15, 0.2) is 5.76 Å². The third-order valence-electron chi connectivity index (χ3n) is 3.82. The highest BCUT2D eigenvalue weighted by Crippen LogP contribution is 2.25. The standard InChI is InChI=1S/C20H16N2O3/c1-4-5-6-14-12-21-18(9-13(14)2)20-11-17(22-23)16-10-15(24-3)7-8-19(16)25-20/h1,5-12,23H,2-3H3/b6-5-,22-17-. The number of hydrogen-bond donors (Lipinski definition) is 1. The fourth-order valence-electron chi connectivity index (χ4n) is 2.50. The van der Waals surface area contributed by atoms with Crippen molar-refractivity contribution in [2.45, 2.75) is 6.92 Å². The normalized spacial score (nSPS) is 11.8. The minimum Gasteiger partial charge on any atom is -0.497 e. The number of aromatic nitrogens is 1. The fourth-order valence-corrected chi connectivity index (χ4v) is 2.50. The first-order valence-corrected chi connectivity index (χ1v) is 7.56. The summed E-state index contributed by atoms with van der Waals surface area (Å²) < 4.78 is 11.1. The highest BCUT2D eigenvalue weighted by atomic mass is 16.5. The molecule has 0 bridgehead atoms. The highest BCUT2D eigenvalue weighted by Gasteiger charge is 2.09. The minimum atomic E-state index is 0.380. The Bertz CT molecular complexity index is 1070. The molecule has 0 spiro atoms. The minimum absolute atomic E-state index is 0.380. The molecule has 1 N–H and O–H groups in total. The van der Waals surface area contributed by atoms with E-state index in [1.165, 1.54) is 0 Å². The van der Waals surface area contributed by atoms with Crippen LogP contribution in [0.25, 0.3) is 28.5 Å². The average Bonchev–Trinajstić information content (AvgIpc) is 2.65. The Morgan fingerprint density at radius 2 is 2.16 bits per heavy atom. The first-order valence-electron chi connectivity index (χ1n) is 7.56. The Labute approximate surface area is 144 Å². The molecule has 3 aromatic rings. The molecule has 0 aliphatic carbocycles. The molecule has 5 heteroatoms. The van der Waals surface area contributed by atoms with Crippen molar-refractivity contribution in [3.8, 4) is 29.5 Å². The van der Waals surface area contributed by atoms with Crippen LogP contribution in [0.3, 0.4) is 0 Å². The number of rotatable bonds is 3. The van der Waals surface area contributed by atoms with Crippen molar-refractivity contribution in [3.05, 3.63) is 59.1 Å². The van der Waals surface area contributed by atoms with Gasteiger partial charge < -0.3 is 14.4 Å². The quantitative estimate of drug-likeness (QED) is 0.451. The Morgan fingerprint density at radius 1 is 1.32 bits per heavy atom. The Hall–Kier alpha value is -3.52. The zero-order chi connectivity index (χ0) is 17.8. The van der Waals surface area contributed by atoms with Crippen molar-refractivity contribution in [1.82, 2.24) is 4.98 Å². The maximum Gasteiger partial charge on any atom is 0.155 e. The van der Waals surface area contributed by atoms with Crippen LogP contribution in [-0.2, 0) is 0 Å². The van der Waals surface area contributed by atoms with Crippen LogP contribution < -0.4 is 10.1 Å². The monoisotopic (exact) mass is 332 g/mol. The summed E-state index contributed by atoms with van der Waals surface area (Å²) in [6, 6.07) is 8.84. The van der Waals surface area contributed by atoms with Crippen molar-refractivity contribution in [2.24, 2.45) is 5.16 Å². The van der Waals surface area contributed by atoms with Gasteiger partial charge in [0.1, 0.15) is 22.4 Å². The first-order chi connectivity index (χ1) is 12.2. The number of aryl methyl sites for hydroxylation is 1. The Morgan fingerprint density at radius 3 is 2.84 bits per heavy atom.